The topological polar surface area (TPSA) is 18.5 Å². The number of aryl methyl sites for hydroxylation is 2. The van der Waals surface area contributed by atoms with E-state index in [2.05, 4.69) is 224 Å². The molecule has 6 aromatic carbocycles. The normalized spacial score (nSPS) is 12.4. The fourth-order valence-corrected chi connectivity index (χ4v) is 8.37. The molecular formula is C60H84Cl2O2SiZr. The number of fused-ring (bicyclic) bond motifs is 2. The van der Waals surface area contributed by atoms with Crippen LogP contribution < -0.4 is 9.47 Å². The van der Waals surface area contributed by atoms with Crippen LogP contribution in [0.3, 0.4) is 0 Å². The molecule has 66 heavy (non-hydrogen) atoms. The molecule has 0 saturated carbocycles. The van der Waals surface area contributed by atoms with Gasteiger partial charge in [0.25, 0.3) is 0 Å². The van der Waals surface area contributed by atoms with E-state index >= 15 is 0 Å². The van der Waals surface area contributed by atoms with Crippen molar-refractivity contribution in [2.24, 2.45) is 0 Å². The van der Waals surface area contributed by atoms with Crippen LogP contribution in [0.4, 0.5) is 0 Å². The van der Waals surface area contributed by atoms with E-state index in [1.165, 1.54) is 88.3 Å². The van der Waals surface area contributed by atoms with Crippen molar-refractivity contribution in [1.29, 1.82) is 0 Å². The molecule has 6 rings (SSSR count). The Balaban J connectivity index is 0.000000313. The van der Waals surface area contributed by atoms with E-state index in [0.29, 0.717) is 0 Å². The monoisotopic (exact) mass is 1020 g/mol. The zero-order valence-electron chi connectivity index (χ0n) is 45.5. The Hall–Kier alpha value is -2.62. The van der Waals surface area contributed by atoms with E-state index < -0.39 is 20.8 Å². The first-order chi connectivity index (χ1) is 30.1. The van der Waals surface area contributed by atoms with Crippen LogP contribution in [-0.4, -0.2) is 23.7 Å². The summed E-state index contributed by atoms with van der Waals surface area (Å²) in [6, 6.07) is 28.1. The fraction of sp³-hybridized carbons (Fsp3) is 0.500. The number of rotatable bonds is 4. The predicted octanol–water partition coefficient (Wildman–Crippen LogP) is 19.0. The SMILES string of the molecule is COc1c(C(C)(C)C)cc2[cH-]c(C)cc2c1-c1cc(C(C)(C)C)cc(C(C)(C)C)c1.COc1c(C(C)(C)C)cc2[cH-]c(C)cc2c1-c1cc(C(C)(C)C)cc(C(C)(C)C)c1.C[Si]C.[Cl][Zr+2][Cl]. The summed E-state index contributed by atoms with van der Waals surface area (Å²) in [4.78, 5) is 0. The van der Waals surface area contributed by atoms with Crippen molar-refractivity contribution in [3.8, 4) is 33.8 Å². The van der Waals surface area contributed by atoms with Gasteiger partial charge >= 0.3 is 37.9 Å². The average molecular weight is 1030 g/mol. The molecule has 6 aromatic rings. The van der Waals surface area contributed by atoms with E-state index in [1.54, 1.807) is 0 Å². The van der Waals surface area contributed by atoms with E-state index in [1.807, 2.05) is 14.2 Å². The Morgan fingerprint density at radius 2 is 0.667 bits per heavy atom. The summed E-state index contributed by atoms with van der Waals surface area (Å²) in [5, 5.41) is 5.16. The van der Waals surface area contributed by atoms with Gasteiger partial charge in [-0.2, -0.15) is 12.1 Å². The Kier molecular flexibility index (Phi) is 19.2. The maximum absolute atomic E-state index is 6.13. The van der Waals surface area contributed by atoms with Crippen molar-refractivity contribution in [3.63, 3.8) is 0 Å². The van der Waals surface area contributed by atoms with Gasteiger partial charge in [0.15, 0.2) is 0 Å². The Bertz CT molecular complexity index is 2320. The molecular weight excluding hydrogens is 943 g/mol. The molecule has 0 amide bonds. The number of benzene rings is 4. The molecule has 2 radical (unpaired) electrons. The van der Waals surface area contributed by atoms with Crippen molar-refractivity contribution in [3.05, 3.63) is 117 Å². The third-order valence-corrected chi connectivity index (χ3v) is 12.1. The number of ether oxygens (including phenoxy) is 2. The van der Waals surface area contributed by atoms with Crippen LogP contribution >= 0.6 is 17.0 Å². The van der Waals surface area contributed by atoms with Gasteiger partial charge in [0, 0.05) is 9.52 Å². The van der Waals surface area contributed by atoms with Crippen molar-refractivity contribution in [2.45, 2.75) is 184 Å². The van der Waals surface area contributed by atoms with Gasteiger partial charge in [0.05, 0.1) is 14.2 Å². The van der Waals surface area contributed by atoms with Crippen LogP contribution in [0.15, 0.2) is 72.8 Å². The summed E-state index contributed by atoms with van der Waals surface area (Å²) < 4.78 is 12.3. The number of methoxy groups -OCH3 is 2. The molecule has 0 aliphatic heterocycles. The van der Waals surface area contributed by atoms with Crippen LogP contribution in [0.1, 0.15) is 169 Å². The van der Waals surface area contributed by atoms with Crippen LogP contribution in [0.5, 0.6) is 11.5 Å². The maximum atomic E-state index is 6.13. The first-order valence-electron chi connectivity index (χ1n) is 23.5. The van der Waals surface area contributed by atoms with Gasteiger partial charge in [0.2, 0.25) is 0 Å². The summed E-state index contributed by atoms with van der Waals surface area (Å²) in [6.45, 7) is 49.8. The van der Waals surface area contributed by atoms with Crippen LogP contribution in [0.25, 0.3) is 43.8 Å². The first kappa shape index (κ1) is 57.7. The number of hydrogen-bond donors (Lipinski definition) is 0. The van der Waals surface area contributed by atoms with E-state index in [0.717, 1.165) is 21.0 Å². The summed E-state index contributed by atoms with van der Waals surface area (Å²) in [5.74, 6) is 2.01. The second kappa shape index (κ2) is 22.0. The van der Waals surface area contributed by atoms with Crippen LogP contribution in [-0.2, 0) is 53.3 Å². The second-order valence-corrected chi connectivity index (χ2v) is 29.1. The second-order valence-electron chi connectivity index (χ2n) is 24.4. The van der Waals surface area contributed by atoms with Crippen molar-refractivity contribution < 1.29 is 30.3 Å². The van der Waals surface area contributed by atoms with E-state index in [-0.39, 0.29) is 32.5 Å². The molecule has 0 atom stereocenters. The number of hydrogen-bond acceptors (Lipinski definition) is 2. The van der Waals surface area contributed by atoms with Crippen LogP contribution in [0.2, 0.25) is 13.1 Å². The number of halogens is 2. The summed E-state index contributed by atoms with van der Waals surface area (Å²) in [7, 11) is 14.6. The molecule has 0 N–H and O–H groups in total. The van der Waals surface area contributed by atoms with E-state index in [4.69, 9.17) is 26.5 Å². The Morgan fingerprint density at radius 3 is 0.864 bits per heavy atom. The van der Waals surface area contributed by atoms with Crippen LogP contribution in [0, 0.1) is 13.8 Å². The average Bonchev–Trinajstić information content (AvgIpc) is 3.74. The van der Waals surface area contributed by atoms with Gasteiger partial charge in [-0.15, -0.1) is 56.9 Å². The molecule has 358 valence electrons. The Morgan fingerprint density at radius 1 is 0.424 bits per heavy atom. The van der Waals surface area contributed by atoms with Gasteiger partial charge in [-0.25, -0.2) is 0 Å². The standard InChI is InChI=1S/2C29H39O.C2H6Si.2ClH.Zr/c2*1-18-12-19-16-24(29(8,9)10)26(30-11)25(23(19)13-18)20-14-21(27(2,3)4)17-22(15-20)28(5,6)7;1-3-2;;;/h2*12-17H,1-11H3;1-2H3;2*1H;/q2*-1;;;;+4/p-2. The van der Waals surface area contributed by atoms with Crippen molar-refractivity contribution in [1.82, 2.24) is 0 Å². The quantitative estimate of drug-likeness (QED) is 0.129. The summed E-state index contributed by atoms with van der Waals surface area (Å²) in [6.07, 6.45) is 0. The zero-order chi connectivity index (χ0) is 50.7. The molecule has 0 aliphatic carbocycles. The molecule has 0 fully saturated rings. The fourth-order valence-electron chi connectivity index (χ4n) is 8.37. The molecule has 0 unspecified atom stereocenters. The first-order valence-corrected chi connectivity index (χ1v) is 31.9. The molecule has 0 aromatic heterocycles. The zero-order valence-corrected chi connectivity index (χ0v) is 50.5. The molecule has 0 heterocycles. The minimum absolute atomic E-state index is 0.00600. The van der Waals surface area contributed by atoms with Gasteiger partial charge < -0.3 is 9.47 Å². The predicted molar refractivity (Wildman–Crippen MR) is 294 cm³/mol. The molecule has 0 spiro atoms. The van der Waals surface area contributed by atoms with Gasteiger partial charge in [-0.3, -0.25) is 0 Å². The molecule has 0 bridgehead atoms. The summed E-state index contributed by atoms with van der Waals surface area (Å²) in [5.41, 5.74) is 15.8. The molecule has 6 heteroatoms. The van der Waals surface area contributed by atoms with Gasteiger partial charge in [-0.1, -0.05) is 188 Å². The third-order valence-electron chi connectivity index (χ3n) is 12.1. The minimum atomic E-state index is -0.826. The van der Waals surface area contributed by atoms with Gasteiger partial charge in [-0.05, 0) is 88.1 Å². The molecule has 0 aliphatic rings. The summed E-state index contributed by atoms with van der Waals surface area (Å²) >= 11 is -0.826. The Labute approximate surface area is 424 Å². The van der Waals surface area contributed by atoms with E-state index in [9.17, 15) is 0 Å². The molecule has 2 nitrogen and oxygen atoms in total. The third kappa shape index (κ3) is 14.2. The van der Waals surface area contributed by atoms with Crippen molar-refractivity contribution in [2.75, 3.05) is 14.2 Å². The van der Waals surface area contributed by atoms with Gasteiger partial charge in [0.1, 0.15) is 11.5 Å². The van der Waals surface area contributed by atoms with Crippen molar-refractivity contribution >= 4 is 48.1 Å². The molecule has 0 saturated heterocycles.